The van der Waals surface area contributed by atoms with Gasteiger partial charge < -0.3 is 4.90 Å². The Labute approximate surface area is 282 Å². The molecule has 0 saturated carbocycles. The molecule has 0 amide bonds. The highest BCUT2D eigenvalue weighted by Gasteiger charge is 2.19. The third-order valence-electron chi connectivity index (χ3n) is 8.35. The predicted octanol–water partition coefficient (Wildman–Crippen LogP) is 4.33. The first-order valence-electron chi connectivity index (χ1n) is 15.3. The zero-order chi connectivity index (χ0) is 34.7. The zero-order valence-corrected chi connectivity index (χ0v) is 28.5. The molecule has 0 fully saturated rings. The molecular weight excluding hydrogens is 624 g/mol. The van der Waals surface area contributed by atoms with E-state index in [0.717, 1.165) is 28.5 Å². The summed E-state index contributed by atoms with van der Waals surface area (Å²) >= 11 is 0. The molecular formula is C40H37ClN2O5. The van der Waals surface area contributed by atoms with Crippen LogP contribution in [0, 0.1) is 24.1 Å². The molecule has 0 bridgehead atoms. The maximum Gasteiger partial charge on any atom is 0.207 e. The molecule has 6 aromatic carbocycles. The first-order chi connectivity index (χ1) is 22.8. The van der Waals surface area contributed by atoms with Crippen LogP contribution in [0.4, 0.5) is 5.69 Å². The highest BCUT2D eigenvalue weighted by Crippen LogP contribution is 2.36. The fourth-order valence-electron chi connectivity index (χ4n) is 6.27. The minimum absolute atomic E-state index is 0.730. The Kier molecular flexibility index (Phi) is 10.1. The highest BCUT2D eigenvalue weighted by molar-refractivity contribution is 6.24. The summed E-state index contributed by atoms with van der Waals surface area (Å²) in [7, 11) is 3.36. The van der Waals surface area contributed by atoms with Crippen molar-refractivity contribution in [2.75, 3.05) is 33.1 Å². The number of hydrogen-bond acceptors (Lipinski definition) is 6. The van der Waals surface area contributed by atoms with E-state index in [-0.39, 0.29) is 0 Å². The minimum Gasteiger partial charge on any atom is -0.377 e. The lowest BCUT2D eigenvalue weighted by Crippen LogP contribution is -2.68. The summed E-state index contributed by atoms with van der Waals surface area (Å²) in [6, 6.07) is 34.2. The molecule has 0 aromatic heterocycles. The number of benzene rings is 6. The van der Waals surface area contributed by atoms with Gasteiger partial charge in [-0.1, -0.05) is 90.0 Å². The highest BCUT2D eigenvalue weighted by atomic mass is 35.7. The molecule has 48 heavy (non-hydrogen) atoms. The summed E-state index contributed by atoms with van der Waals surface area (Å²) in [6.45, 7) is 4.21. The van der Waals surface area contributed by atoms with Gasteiger partial charge in [0.2, 0.25) is 5.71 Å². The van der Waals surface area contributed by atoms with Crippen LogP contribution in [0.25, 0.3) is 49.5 Å². The van der Waals surface area contributed by atoms with E-state index in [9.17, 15) is 4.79 Å². The first-order valence-corrected chi connectivity index (χ1v) is 16.6. The van der Waals surface area contributed by atoms with E-state index in [1.165, 1.54) is 60.4 Å². The molecule has 244 valence electrons. The fraction of sp³-hybridized carbons (Fsp3) is 0.150. The van der Waals surface area contributed by atoms with Crippen molar-refractivity contribution in [1.29, 1.82) is 0 Å². The molecule has 0 N–H and O–H groups in total. The SMILES string of the molecule is Cc1ccc(C=O)c(-c2cccc3c(N(C)C)cccc23)c1.Cc1ccc2cc3c4c(cccc4c2c1)C(=[N+](C)C)C=C3.[O-][Cl+3]([O-])([O-])[O-]. The number of aryl methyl sites for hydroxylation is 2. The van der Waals surface area contributed by atoms with Crippen LogP contribution < -0.4 is 23.5 Å². The summed E-state index contributed by atoms with van der Waals surface area (Å²) in [4.78, 5) is 13.5. The topological polar surface area (TPSA) is 116 Å². The van der Waals surface area contributed by atoms with E-state index < -0.39 is 10.2 Å². The summed E-state index contributed by atoms with van der Waals surface area (Å²) in [5.41, 5.74) is 10.4. The van der Waals surface area contributed by atoms with E-state index in [1.807, 2.05) is 26.2 Å². The molecule has 1 aliphatic carbocycles. The lowest BCUT2D eigenvalue weighted by Gasteiger charge is -2.17. The van der Waals surface area contributed by atoms with Crippen LogP contribution in [0.2, 0.25) is 0 Å². The number of carbonyl (C=O) groups excluding carboxylic acids is 1. The molecule has 7 rings (SSSR count). The van der Waals surface area contributed by atoms with Gasteiger partial charge in [-0.25, -0.2) is 23.2 Å². The van der Waals surface area contributed by atoms with Gasteiger partial charge in [0.25, 0.3) is 0 Å². The van der Waals surface area contributed by atoms with Crippen LogP contribution in [-0.2, 0) is 0 Å². The summed E-state index contributed by atoms with van der Waals surface area (Å²) in [5, 5.41) is 7.77. The van der Waals surface area contributed by atoms with Crippen molar-refractivity contribution in [2.24, 2.45) is 0 Å². The van der Waals surface area contributed by atoms with Crippen LogP contribution in [0.15, 0.2) is 103 Å². The number of hydrogen-bond donors (Lipinski definition) is 0. The molecule has 0 radical (unpaired) electrons. The largest absolute Gasteiger partial charge is 0.377 e. The number of fused-ring (bicyclic) bond motifs is 3. The van der Waals surface area contributed by atoms with Crippen LogP contribution >= 0.6 is 0 Å². The summed E-state index contributed by atoms with van der Waals surface area (Å²) in [6.07, 6.45) is 5.39. The van der Waals surface area contributed by atoms with Gasteiger partial charge >= 0.3 is 0 Å². The second-order valence-corrected chi connectivity index (χ2v) is 12.9. The van der Waals surface area contributed by atoms with E-state index in [4.69, 9.17) is 18.6 Å². The van der Waals surface area contributed by atoms with Crippen molar-refractivity contribution in [2.45, 2.75) is 13.8 Å². The second kappa shape index (κ2) is 14.1. The number of allylic oxidation sites excluding steroid dienone is 1. The van der Waals surface area contributed by atoms with Crippen molar-refractivity contribution in [1.82, 2.24) is 0 Å². The second-order valence-electron chi connectivity index (χ2n) is 12.2. The van der Waals surface area contributed by atoms with E-state index in [1.54, 1.807) is 0 Å². The lowest BCUT2D eigenvalue weighted by atomic mass is 9.88. The lowest BCUT2D eigenvalue weighted by molar-refractivity contribution is -2.00. The van der Waals surface area contributed by atoms with Gasteiger partial charge in [0.15, 0.2) is 6.29 Å². The molecule has 0 unspecified atom stereocenters. The van der Waals surface area contributed by atoms with Crippen molar-refractivity contribution in [3.8, 4) is 11.1 Å². The standard InChI is InChI=1S/C20H19NO.C20H18N.ClHO4/c1-14-10-11-15(13-22)19(12-14)17-6-4-8-18-16(17)7-5-9-20(18)21(2)3;1-13-7-8-14-12-15-9-10-19(21(2)3)17-6-4-5-16(20(15)17)18(14)11-13;2-1(3,4)5/h4-13H,1-3H3;4-12H,1-3H3;(H,2,3,4,5)/q;+1;/p-1. The molecule has 8 heteroatoms. The molecule has 0 heterocycles. The Balaban J connectivity index is 0.000000165. The smallest absolute Gasteiger partial charge is 0.207 e. The van der Waals surface area contributed by atoms with E-state index in [2.05, 4.69) is 134 Å². The molecule has 0 aliphatic heterocycles. The van der Waals surface area contributed by atoms with Crippen LogP contribution in [-0.4, -0.2) is 44.8 Å². The normalized spacial score (nSPS) is 11.9. The Morgan fingerprint density at radius 2 is 1.25 bits per heavy atom. The van der Waals surface area contributed by atoms with Crippen molar-refractivity contribution in [3.05, 3.63) is 131 Å². The third-order valence-corrected chi connectivity index (χ3v) is 8.35. The molecule has 0 saturated heterocycles. The van der Waals surface area contributed by atoms with Gasteiger partial charge in [-0.3, -0.25) is 4.79 Å². The molecule has 0 spiro atoms. The third kappa shape index (κ3) is 7.47. The molecule has 7 nitrogen and oxygen atoms in total. The van der Waals surface area contributed by atoms with Gasteiger partial charge in [0.1, 0.15) is 14.1 Å². The predicted molar refractivity (Wildman–Crippen MR) is 185 cm³/mol. The van der Waals surface area contributed by atoms with Gasteiger partial charge in [-0.15, -0.1) is 10.2 Å². The Morgan fingerprint density at radius 1 is 0.646 bits per heavy atom. The van der Waals surface area contributed by atoms with Gasteiger partial charge in [-0.05, 0) is 76.4 Å². The Morgan fingerprint density at radius 3 is 1.92 bits per heavy atom. The quantitative estimate of drug-likeness (QED) is 0.159. The first kappa shape index (κ1) is 34.4. The van der Waals surface area contributed by atoms with Gasteiger partial charge in [0.05, 0.1) is 5.56 Å². The molecule has 6 aromatic rings. The van der Waals surface area contributed by atoms with Crippen molar-refractivity contribution >= 4 is 56.1 Å². The average Bonchev–Trinajstić information content (AvgIpc) is 3.04. The van der Waals surface area contributed by atoms with Crippen molar-refractivity contribution in [3.63, 3.8) is 0 Å². The number of halogens is 1. The number of anilines is 1. The van der Waals surface area contributed by atoms with E-state index >= 15 is 0 Å². The van der Waals surface area contributed by atoms with Gasteiger partial charge in [-0.2, -0.15) is 0 Å². The number of nitrogens with zero attached hydrogens (tertiary/aromatic N) is 2. The summed E-state index contributed by atoms with van der Waals surface area (Å²) in [5.74, 6) is 0. The number of aldehydes is 1. The maximum atomic E-state index is 11.4. The van der Waals surface area contributed by atoms with Crippen LogP contribution in [0.3, 0.4) is 0 Å². The van der Waals surface area contributed by atoms with E-state index in [0.29, 0.717) is 0 Å². The average molecular weight is 661 g/mol. The summed E-state index contributed by atoms with van der Waals surface area (Å²) < 4.78 is 36.2. The maximum absolute atomic E-state index is 11.4. The van der Waals surface area contributed by atoms with Crippen LogP contribution in [0.5, 0.6) is 0 Å². The zero-order valence-electron chi connectivity index (χ0n) is 27.8. The monoisotopic (exact) mass is 660 g/mol. The fourth-order valence-corrected chi connectivity index (χ4v) is 6.27. The van der Waals surface area contributed by atoms with Crippen molar-refractivity contribution < 1.29 is 38.2 Å². The molecule has 1 aliphatic rings. The Hall–Kier alpha value is -4.89. The van der Waals surface area contributed by atoms with Crippen LogP contribution in [0.1, 0.15) is 32.6 Å². The molecule has 0 atom stereocenters. The minimum atomic E-state index is -4.94. The van der Waals surface area contributed by atoms with Gasteiger partial charge in [0, 0.05) is 42.2 Å². The number of carbonyl (C=O) groups is 1. The number of rotatable bonds is 3. The Bertz CT molecular complexity index is 2220.